The molecule has 0 saturated heterocycles. The van der Waals surface area contributed by atoms with Crippen LogP contribution < -0.4 is 0 Å². The molecule has 0 saturated carbocycles. The maximum Gasteiger partial charge on any atom is 0.113 e. The smallest absolute Gasteiger partial charge is 0.113 e. The molecule has 12 heteroatoms. The van der Waals surface area contributed by atoms with E-state index >= 15 is 0 Å². The SMILES string of the molecule is COCCOCCOCCOCCOCCOCCOCCOCCOCCOCCOCCF. The Bertz CT molecular complexity index is 338. The van der Waals surface area contributed by atoms with E-state index in [9.17, 15) is 4.39 Å². The van der Waals surface area contributed by atoms with Gasteiger partial charge in [0.2, 0.25) is 0 Å². The molecule has 35 heavy (non-hydrogen) atoms. The summed E-state index contributed by atoms with van der Waals surface area (Å²) in [6.07, 6.45) is 0. The lowest BCUT2D eigenvalue weighted by Crippen LogP contribution is -2.15. The van der Waals surface area contributed by atoms with Gasteiger partial charge in [0, 0.05) is 7.11 Å². The summed E-state index contributed by atoms with van der Waals surface area (Å²) in [5.41, 5.74) is 0. The Hall–Kier alpha value is -0.510. The molecule has 0 aliphatic carbocycles. The summed E-state index contributed by atoms with van der Waals surface area (Å²) in [5.74, 6) is 0. The van der Waals surface area contributed by atoms with Crippen molar-refractivity contribution in [2.75, 3.05) is 153 Å². The van der Waals surface area contributed by atoms with Crippen LogP contribution in [0, 0.1) is 0 Å². The van der Waals surface area contributed by atoms with Crippen molar-refractivity contribution < 1.29 is 56.5 Å². The minimum absolute atomic E-state index is 0.116. The molecule has 0 unspecified atom stereocenters. The summed E-state index contributed by atoms with van der Waals surface area (Å²) in [7, 11) is 1.64. The fourth-order valence-corrected chi connectivity index (χ4v) is 2.28. The minimum atomic E-state index is -0.472. The first kappa shape index (κ1) is 34.5. The molecular formula is C23H47FO11. The number of alkyl halides is 1. The Morgan fingerprint density at radius 2 is 0.457 bits per heavy atom. The van der Waals surface area contributed by atoms with Crippen LogP contribution in [0.25, 0.3) is 0 Å². The minimum Gasteiger partial charge on any atom is -0.382 e. The maximum absolute atomic E-state index is 11.8. The van der Waals surface area contributed by atoms with E-state index in [2.05, 4.69) is 0 Å². The van der Waals surface area contributed by atoms with E-state index in [1.165, 1.54) is 0 Å². The largest absolute Gasteiger partial charge is 0.382 e. The molecule has 0 aliphatic rings. The van der Waals surface area contributed by atoms with E-state index in [0.29, 0.717) is 132 Å². The lowest BCUT2D eigenvalue weighted by Gasteiger charge is -2.09. The van der Waals surface area contributed by atoms with Gasteiger partial charge in [0.25, 0.3) is 0 Å². The molecule has 0 heterocycles. The van der Waals surface area contributed by atoms with Crippen LogP contribution in [0.5, 0.6) is 0 Å². The van der Waals surface area contributed by atoms with E-state index in [1.807, 2.05) is 0 Å². The third kappa shape index (κ3) is 33.5. The number of rotatable bonds is 32. The first-order valence-electron chi connectivity index (χ1n) is 12.2. The van der Waals surface area contributed by atoms with Crippen molar-refractivity contribution in [1.29, 1.82) is 0 Å². The van der Waals surface area contributed by atoms with Crippen LogP contribution >= 0.6 is 0 Å². The molecule has 0 spiro atoms. The van der Waals surface area contributed by atoms with E-state index in [-0.39, 0.29) is 6.61 Å². The average Bonchev–Trinajstić information content (AvgIpc) is 2.87. The Balaban J connectivity index is 3.00. The second-order valence-corrected chi connectivity index (χ2v) is 6.81. The summed E-state index contributed by atoms with van der Waals surface area (Å²) >= 11 is 0. The Morgan fingerprint density at radius 3 is 0.629 bits per heavy atom. The molecule has 0 fully saturated rings. The summed E-state index contributed by atoms with van der Waals surface area (Å²) in [6.45, 7) is 9.86. The zero-order valence-corrected chi connectivity index (χ0v) is 21.4. The number of ether oxygens (including phenoxy) is 11. The number of methoxy groups -OCH3 is 1. The summed E-state index contributed by atoms with van der Waals surface area (Å²) < 4.78 is 70.0. The predicted octanol–water partition coefficient (Wildman–Crippen LogP) is 0.768. The van der Waals surface area contributed by atoms with E-state index in [1.54, 1.807) is 7.11 Å². The van der Waals surface area contributed by atoms with Gasteiger partial charge in [-0.25, -0.2) is 4.39 Å². The van der Waals surface area contributed by atoms with Crippen molar-refractivity contribution in [3.05, 3.63) is 0 Å². The van der Waals surface area contributed by atoms with Gasteiger partial charge < -0.3 is 52.1 Å². The van der Waals surface area contributed by atoms with Gasteiger partial charge in [-0.3, -0.25) is 0 Å². The molecule has 0 atom stereocenters. The molecule has 0 aromatic rings. The third-order valence-electron chi connectivity index (χ3n) is 4.00. The van der Waals surface area contributed by atoms with Crippen LogP contribution in [0.3, 0.4) is 0 Å². The Morgan fingerprint density at radius 1 is 0.286 bits per heavy atom. The third-order valence-corrected chi connectivity index (χ3v) is 4.00. The second kappa shape index (κ2) is 33.5. The molecule has 0 aromatic heterocycles. The lowest BCUT2D eigenvalue weighted by molar-refractivity contribution is -0.0271. The first-order chi connectivity index (χ1) is 17.4. The number of hydrogen-bond acceptors (Lipinski definition) is 11. The van der Waals surface area contributed by atoms with Crippen LogP contribution in [-0.2, 0) is 52.1 Å². The molecule has 11 nitrogen and oxygen atoms in total. The highest BCUT2D eigenvalue weighted by atomic mass is 19.1. The number of hydrogen-bond donors (Lipinski definition) is 0. The van der Waals surface area contributed by atoms with E-state index in [4.69, 9.17) is 52.1 Å². The van der Waals surface area contributed by atoms with E-state index in [0.717, 1.165) is 0 Å². The molecular weight excluding hydrogens is 471 g/mol. The van der Waals surface area contributed by atoms with Crippen molar-refractivity contribution in [2.45, 2.75) is 0 Å². The highest BCUT2D eigenvalue weighted by Gasteiger charge is 1.96. The van der Waals surface area contributed by atoms with Crippen LogP contribution in [0.15, 0.2) is 0 Å². The highest BCUT2D eigenvalue weighted by Crippen LogP contribution is 1.86. The molecule has 0 aliphatic heterocycles. The molecule has 212 valence electrons. The fraction of sp³-hybridized carbons (Fsp3) is 1.00. The zero-order chi connectivity index (χ0) is 25.3. The van der Waals surface area contributed by atoms with Gasteiger partial charge in [-0.2, -0.15) is 0 Å². The van der Waals surface area contributed by atoms with Crippen molar-refractivity contribution >= 4 is 0 Å². The molecule has 0 aromatic carbocycles. The van der Waals surface area contributed by atoms with Crippen LogP contribution in [0.1, 0.15) is 0 Å². The lowest BCUT2D eigenvalue weighted by atomic mass is 10.6. The average molecular weight is 519 g/mol. The van der Waals surface area contributed by atoms with Gasteiger partial charge in [-0.15, -0.1) is 0 Å². The molecule has 0 radical (unpaired) electrons. The zero-order valence-electron chi connectivity index (χ0n) is 21.4. The molecule has 0 amide bonds. The number of halogens is 1. The van der Waals surface area contributed by atoms with Gasteiger partial charge in [0.1, 0.15) is 6.67 Å². The van der Waals surface area contributed by atoms with Crippen molar-refractivity contribution in [1.82, 2.24) is 0 Å². The Labute approximate surface area is 209 Å². The monoisotopic (exact) mass is 518 g/mol. The highest BCUT2D eigenvalue weighted by molar-refractivity contribution is 4.38. The van der Waals surface area contributed by atoms with Crippen LogP contribution in [0.2, 0.25) is 0 Å². The maximum atomic E-state index is 11.8. The van der Waals surface area contributed by atoms with Crippen molar-refractivity contribution in [2.24, 2.45) is 0 Å². The van der Waals surface area contributed by atoms with Crippen LogP contribution in [-0.4, -0.2) is 153 Å². The summed E-state index contributed by atoms with van der Waals surface area (Å²) in [4.78, 5) is 0. The first-order valence-corrected chi connectivity index (χ1v) is 12.2. The molecule has 0 N–H and O–H groups in total. The summed E-state index contributed by atoms with van der Waals surface area (Å²) in [6, 6.07) is 0. The van der Waals surface area contributed by atoms with Crippen LogP contribution in [0.4, 0.5) is 4.39 Å². The van der Waals surface area contributed by atoms with E-state index < -0.39 is 6.67 Å². The second-order valence-electron chi connectivity index (χ2n) is 6.81. The predicted molar refractivity (Wildman–Crippen MR) is 126 cm³/mol. The quantitative estimate of drug-likeness (QED) is 0.118. The van der Waals surface area contributed by atoms with Crippen molar-refractivity contribution in [3.63, 3.8) is 0 Å². The topological polar surface area (TPSA) is 102 Å². The standard InChI is InChI=1S/C23H47FO11/c1-25-4-5-27-8-9-29-12-13-31-16-17-33-20-21-35-23-22-34-19-18-32-15-14-30-11-10-28-7-6-26-3-2-24/h2-23H2,1H3. The van der Waals surface area contributed by atoms with Crippen molar-refractivity contribution in [3.8, 4) is 0 Å². The Kier molecular flexibility index (Phi) is 33.0. The molecule has 0 rings (SSSR count). The van der Waals surface area contributed by atoms with Gasteiger partial charge >= 0.3 is 0 Å². The van der Waals surface area contributed by atoms with Gasteiger partial charge in [0.05, 0.1) is 139 Å². The summed E-state index contributed by atoms with van der Waals surface area (Å²) in [5, 5.41) is 0. The normalized spacial score (nSPS) is 11.5. The van der Waals surface area contributed by atoms with Gasteiger partial charge in [-0.05, 0) is 0 Å². The fourth-order valence-electron chi connectivity index (χ4n) is 2.28. The molecule has 0 bridgehead atoms. The van der Waals surface area contributed by atoms with Gasteiger partial charge in [-0.1, -0.05) is 0 Å². The van der Waals surface area contributed by atoms with Gasteiger partial charge in [0.15, 0.2) is 0 Å².